The van der Waals surface area contributed by atoms with Crippen LogP contribution in [0.1, 0.15) is 11.1 Å². The van der Waals surface area contributed by atoms with Crippen molar-refractivity contribution in [2.24, 2.45) is 0 Å². The van der Waals surface area contributed by atoms with Crippen LogP contribution in [-0.2, 0) is 6.42 Å². The predicted molar refractivity (Wildman–Crippen MR) is 58.2 cm³/mol. The molecule has 3 rings (SSSR count). The van der Waals surface area contributed by atoms with Crippen molar-refractivity contribution in [2.75, 3.05) is 0 Å². The van der Waals surface area contributed by atoms with E-state index < -0.39 is 12.2 Å². The zero-order valence-corrected chi connectivity index (χ0v) is 8.22. The van der Waals surface area contributed by atoms with Crippen LogP contribution in [0.25, 0.3) is 5.57 Å². The number of rotatable bonds is 0. The molecule has 1 aromatic rings. The van der Waals surface area contributed by atoms with Gasteiger partial charge in [-0.3, -0.25) is 0 Å². The van der Waals surface area contributed by atoms with Gasteiger partial charge in [0.15, 0.2) is 0 Å². The fourth-order valence-electron chi connectivity index (χ4n) is 2.40. The van der Waals surface area contributed by atoms with Crippen molar-refractivity contribution in [1.82, 2.24) is 0 Å². The fourth-order valence-corrected chi connectivity index (χ4v) is 2.40. The van der Waals surface area contributed by atoms with Crippen LogP contribution in [0.15, 0.2) is 42.0 Å². The van der Waals surface area contributed by atoms with Gasteiger partial charge in [-0.1, -0.05) is 36.4 Å². The first kappa shape index (κ1) is 8.89. The van der Waals surface area contributed by atoms with Gasteiger partial charge in [0.05, 0.1) is 0 Å². The molecule has 0 unspecified atom stereocenters. The van der Waals surface area contributed by atoms with Gasteiger partial charge in [0, 0.05) is 0 Å². The average Bonchev–Trinajstić information content (AvgIpc) is 2.62. The van der Waals surface area contributed by atoms with Gasteiger partial charge in [-0.15, -0.1) is 0 Å². The molecule has 2 heteroatoms. The summed E-state index contributed by atoms with van der Waals surface area (Å²) < 4.78 is 0. The molecule has 1 aromatic carbocycles. The van der Waals surface area contributed by atoms with Crippen molar-refractivity contribution < 1.29 is 10.2 Å². The van der Waals surface area contributed by atoms with Crippen molar-refractivity contribution in [3.05, 3.63) is 53.1 Å². The summed E-state index contributed by atoms with van der Waals surface area (Å²) in [5.41, 5.74) is 4.36. The minimum absolute atomic E-state index is 0.769. The van der Waals surface area contributed by atoms with E-state index in [4.69, 9.17) is 0 Å². The van der Waals surface area contributed by atoms with Gasteiger partial charge in [0.1, 0.15) is 12.2 Å². The third-order valence-electron chi connectivity index (χ3n) is 3.15. The summed E-state index contributed by atoms with van der Waals surface area (Å²) in [5, 5.41) is 19.5. The lowest BCUT2D eigenvalue weighted by molar-refractivity contribution is 0.0856. The summed E-state index contributed by atoms with van der Waals surface area (Å²) in [5.74, 6) is 0. The summed E-state index contributed by atoms with van der Waals surface area (Å²) >= 11 is 0. The van der Waals surface area contributed by atoms with E-state index in [-0.39, 0.29) is 0 Å². The maximum absolute atomic E-state index is 9.94. The maximum atomic E-state index is 9.94. The zero-order chi connectivity index (χ0) is 10.4. The normalized spacial score (nSPS) is 27.9. The molecular weight excluding hydrogens is 188 g/mol. The van der Waals surface area contributed by atoms with Gasteiger partial charge in [0.2, 0.25) is 0 Å². The highest BCUT2D eigenvalue weighted by Crippen LogP contribution is 2.38. The molecular formula is C13H12O2. The third-order valence-corrected chi connectivity index (χ3v) is 3.15. The molecule has 0 fully saturated rings. The first-order chi connectivity index (χ1) is 7.27. The highest BCUT2D eigenvalue weighted by molar-refractivity contribution is 5.82. The molecule has 0 saturated carbocycles. The largest absolute Gasteiger partial charge is 0.386 e. The van der Waals surface area contributed by atoms with E-state index in [9.17, 15) is 10.2 Å². The highest BCUT2D eigenvalue weighted by atomic mass is 16.3. The van der Waals surface area contributed by atoms with E-state index in [0.29, 0.717) is 0 Å². The lowest BCUT2D eigenvalue weighted by atomic mass is 9.92. The van der Waals surface area contributed by atoms with Crippen LogP contribution in [0.4, 0.5) is 0 Å². The topological polar surface area (TPSA) is 40.5 Å². The minimum atomic E-state index is -0.770. The second-order valence-corrected chi connectivity index (χ2v) is 4.07. The van der Waals surface area contributed by atoms with Gasteiger partial charge >= 0.3 is 0 Å². The average molecular weight is 200 g/mol. The Balaban J connectivity index is 2.16. The summed E-state index contributed by atoms with van der Waals surface area (Å²) in [7, 11) is 0. The molecule has 15 heavy (non-hydrogen) atoms. The van der Waals surface area contributed by atoms with E-state index in [1.807, 2.05) is 24.3 Å². The molecule has 2 aliphatic rings. The molecule has 0 heterocycles. The smallest absolute Gasteiger partial charge is 0.109 e. The molecule has 0 aliphatic heterocycles. The van der Waals surface area contributed by atoms with E-state index >= 15 is 0 Å². The second kappa shape index (κ2) is 3.05. The van der Waals surface area contributed by atoms with Gasteiger partial charge in [-0.05, 0) is 28.7 Å². The number of hydrogen-bond donors (Lipinski definition) is 2. The predicted octanol–water partition coefficient (Wildman–Crippen LogP) is 1.29. The van der Waals surface area contributed by atoms with Crippen molar-refractivity contribution in [3.8, 4) is 0 Å². The minimum Gasteiger partial charge on any atom is -0.386 e. The highest BCUT2D eigenvalue weighted by Gasteiger charge is 2.31. The van der Waals surface area contributed by atoms with Crippen molar-refractivity contribution in [2.45, 2.75) is 18.6 Å². The maximum Gasteiger partial charge on any atom is 0.109 e. The summed E-state index contributed by atoms with van der Waals surface area (Å²) in [4.78, 5) is 0. The standard InChI is InChI=1S/C13H12O2/c14-11-6-5-9-7-8-3-1-2-4-10(8)12(9)13(11)15/h1-6,11,13-15H,7H2/t11-,13-/m0/s1. The molecule has 2 aliphatic carbocycles. The Hall–Kier alpha value is -1.38. The Labute approximate surface area is 88.2 Å². The summed E-state index contributed by atoms with van der Waals surface area (Å²) in [6.07, 6.45) is 2.91. The van der Waals surface area contributed by atoms with Crippen LogP contribution in [0.2, 0.25) is 0 Å². The number of benzene rings is 1. The summed E-state index contributed by atoms with van der Waals surface area (Å²) in [6.45, 7) is 0. The van der Waals surface area contributed by atoms with Crippen LogP contribution in [-0.4, -0.2) is 22.4 Å². The Morgan fingerprint density at radius 2 is 1.93 bits per heavy atom. The molecule has 2 N–H and O–H groups in total. The van der Waals surface area contributed by atoms with E-state index in [0.717, 1.165) is 23.1 Å². The van der Waals surface area contributed by atoms with Crippen molar-refractivity contribution in [1.29, 1.82) is 0 Å². The number of aliphatic hydroxyl groups is 2. The molecule has 0 aromatic heterocycles. The third kappa shape index (κ3) is 1.19. The molecule has 0 saturated heterocycles. The van der Waals surface area contributed by atoms with Crippen molar-refractivity contribution >= 4 is 5.57 Å². The van der Waals surface area contributed by atoms with Crippen LogP contribution < -0.4 is 0 Å². The molecule has 2 nitrogen and oxygen atoms in total. The zero-order valence-electron chi connectivity index (χ0n) is 8.22. The van der Waals surface area contributed by atoms with Gasteiger partial charge < -0.3 is 10.2 Å². The SMILES string of the molecule is O[C@@H]1C2=C(C=C[C@@H]1O)Cc1ccccc12. The number of fused-ring (bicyclic) bond motifs is 2. The molecule has 0 spiro atoms. The number of allylic oxidation sites excluding steroid dienone is 2. The lowest BCUT2D eigenvalue weighted by Crippen LogP contribution is -2.27. The van der Waals surface area contributed by atoms with E-state index in [2.05, 4.69) is 6.07 Å². The van der Waals surface area contributed by atoms with Gasteiger partial charge in [-0.2, -0.15) is 0 Å². The number of aliphatic hydroxyl groups excluding tert-OH is 2. The Morgan fingerprint density at radius 3 is 2.80 bits per heavy atom. The molecule has 76 valence electrons. The molecule has 0 amide bonds. The van der Waals surface area contributed by atoms with Crippen LogP contribution in [0.5, 0.6) is 0 Å². The van der Waals surface area contributed by atoms with Crippen molar-refractivity contribution in [3.63, 3.8) is 0 Å². The van der Waals surface area contributed by atoms with E-state index in [1.54, 1.807) is 6.08 Å². The first-order valence-electron chi connectivity index (χ1n) is 5.13. The monoisotopic (exact) mass is 200 g/mol. The second-order valence-electron chi connectivity index (χ2n) is 4.07. The molecule has 2 atom stereocenters. The molecule has 0 bridgehead atoms. The van der Waals surface area contributed by atoms with Gasteiger partial charge in [0.25, 0.3) is 0 Å². The van der Waals surface area contributed by atoms with Gasteiger partial charge in [-0.25, -0.2) is 0 Å². The van der Waals surface area contributed by atoms with Crippen LogP contribution in [0.3, 0.4) is 0 Å². The van der Waals surface area contributed by atoms with E-state index in [1.165, 1.54) is 5.56 Å². The van der Waals surface area contributed by atoms with Crippen LogP contribution >= 0.6 is 0 Å². The Bertz CT molecular complexity index is 471. The Morgan fingerprint density at radius 1 is 1.13 bits per heavy atom. The molecule has 0 radical (unpaired) electrons. The Kier molecular flexibility index (Phi) is 1.81. The quantitative estimate of drug-likeness (QED) is 0.662. The first-order valence-corrected chi connectivity index (χ1v) is 5.13. The fraction of sp³-hybridized carbons (Fsp3) is 0.231. The van der Waals surface area contributed by atoms with Crippen LogP contribution in [0, 0.1) is 0 Å². The number of hydrogen-bond acceptors (Lipinski definition) is 2. The lowest BCUT2D eigenvalue weighted by Gasteiger charge is -2.21. The summed E-state index contributed by atoms with van der Waals surface area (Å²) in [6, 6.07) is 8.05.